The van der Waals surface area contributed by atoms with Crippen molar-refractivity contribution < 1.29 is 29.4 Å². The van der Waals surface area contributed by atoms with Crippen molar-refractivity contribution in [2.75, 3.05) is 13.2 Å². The molecule has 186 valence electrons. The number of carboxylic acid groups (broad SMARTS) is 1. The average Bonchev–Trinajstić information content (AvgIpc) is 2.69. The van der Waals surface area contributed by atoms with Crippen LogP contribution in [0.25, 0.3) is 0 Å². The minimum atomic E-state index is -1.29. The van der Waals surface area contributed by atoms with E-state index in [1.54, 1.807) is 0 Å². The van der Waals surface area contributed by atoms with Crippen LogP contribution in [0.4, 0.5) is 0 Å². The van der Waals surface area contributed by atoms with Crippen molar-refractivity contribution in [1.29, 1.82) is 0 Å². The summed E-state index contributed by atoms with van der Waals surface area (Å²) in [5, 5.41) is 26.3. The molecule has 0 aromatic heterocycles. The van der Waals surface area contributed by atoms with Crippen LogP contribution in [0, 0.1) is 11.8 Å². The third-order valence-electron chi connectivity index (χ3n) is 4.78. The number of aliphatic hydroxyl groups is 1. The third kappa shape index (κ3) is 12.0. The first-order valence-electron chi connectivity index (χ1n) is 11.1. The van der Waals surface area contributed by atoms with Gasteiger partial charge in [-0.15, -0.1) is 0 Å². The molecule has 9 N–H and O–H groups in total. The van der Waals surface area contributed by atoms with Gasteiger partial charge >= 0.3 is 5.97 Å². The highest BCUT2D eigenvalue weighted by molar-refractivity contribution is 5.94. The van der Waals surface area contributed by atoms with Crippen LogP contribution in [0.2, 0.25) is 0 Å². The number of nitrogens with one attached hydrogen (secondary N) is 3. The number of unbranched alkanes of at least 4 members (excludes halogenated alkanes) is 1. The topological polar surface area (TPSA) is 197 Å². The van der Waals surface area contributed by atoms with Crippen LogP contribution in [-0.4, -0.2) is 71.2 Å². The quantitative estimate of drug-likeness (QED) is 0.144. The van der Waals surface area contributed by atoms with E-state index in [2.05, 4.69) is 16.0 Å². The Balaban J connectivity index is 5.20. The highest BCUT2D eigenvalue weighted by Gasteiger charge is 2.30. The van der Waals surface area contributed by atoms with Gasteiger partial charge in [-0.05, 0) is 50.5 Å². The summed E-state index contributed by atoms with van der Waals surface area (Å²) in [7, 11) is 0. The fraction of sp³-hybridized carbons (Fsp3) is 0.810. The first-order valence-corrected chi connectivity index (χ1v) is 11.1. The van der Waals surface area contributed by atoms with Crippen LogP contribution in [0.5, 0.6) is 0 Å². The smallest absolute Gasteiger partial charge is 0.326 e. The molecular formula is C21H41N5O6. The van der Waals surface area contributed by atoms with E-state index in [4.69, 9.17) is 11.5 Å². The van der Waals surface area contributed by atoms with Crippen molar-refractivity contribution in [2.24, 2.45) is 23.3 Å². The molecule has 4 atom stereocenters. The van der Waals surface area contributed by atoms with E-state index < -0.39 is 54.5 Å². The number of hydrogen-bond donors (Lipinski definition) is 7. The molecule has 0 heterocycles. The van der Waals surface area contributed by atoms with Gasteiger partial charge in [-0.2, -0.15) is 0 Å². The zero-order valence-corrected chi connectivity index (χ0v) is 19.6. The van der Waals surface area contributed by atoms with Crippen molar-refractivity contribution in [3.63, 3.8) is 0 Å². The maximum absolute atomic E-state index is 12.7. The minimum Gasteiger partial charge on any atom is -0.480 e. The summed E-state index contributed by atoms with van der Waals surface area (Å²) in [4.78, 5) is 49.1. The van der Waals surface area contributed by atoms with E-state index in [1.807, 2.05) is 27.7 Å². The molecule has 0 bridgehead atoms. The Morgan fingerprint density at radius 2 is 1.28 bits per heavy atom. The molecule has 0 aliphatic rings. The molecule has 0 saturated carbocycles. The van der Waals surface area contributed by atoms with E-state index in [1.165, 1.54) is 0 Å². The van der Waals surface area contributed by atoms with Crippen LogP contribution < -0.4 is 27.4 Å². The largest absolute Gasteiger partial charge is 0.480 e. The molecule has 0 rings (SSSR count). The van der Waals surface area contributed by atoms with E-state index >= 15 is 0 Å². The minimum absolute atomic E-state index is 0.00759. The van der Waals surface area contributed by atoms with Gasteiger partial charge in [-0.3, -0.25) is 14.4 Å². The summed E-state index contributed by atoms with van der Waals surface area (Å²) in [6.07, 6.45) is 2.02. The number of hydrogen-bond acceptors (Lipinski definition) is 7. The van der Waals surface area contributed by atoms with Crippen LogP contribution >= 0.6 is 0 Å². The van der Waals surface area contributed by atoms with Crippen LogP contribution in [0.1, 0.15) is 59.8 Å². The number of aliphatic carboxylic acids is 1. The second-order valence-corrected chi connectivity index (χ2v) is 8.85. The van der Waals surface area contributed by atoms with Gasteiger partial charge in [0.15, 0.2) is 0 Å². The Kier molecular flexibility index (Phi) is 14.5. The van der Waals surface area contributed by atoms with Gasteiger partial charge in [0.2, 0.25) is 17.7 Å². The third-order valence-corrected chi connectivity index (χ3v) is 4.78. The number of rotatable bonds is 16. The molecule has 0 aromatic rings. The maximum atomic E-state index is 12.7. The lowest BCUT2D eigenvalue weighted by Crippen LogP contribution is -2.58. The standard InChI is InChI=1S/C21H41N5O6/c1-12(2)9-14(23)18(28)26-17(11-27)20(30)25-16(10-13(3)4)19(29)24-15(21(31)32)7-5-6-8-22/h12-17,27H,5-11,22-23H2,1-4H3,(H,24,29)(H,25,30)(H,26,28)(H,31,32). The van der Waals surface area contributed by atoms with E-state index in [9.17, 15) is 29.4 Å². The Morgan fingerprint density at radius 3 is 1.75 bits per heavy atom. The number of carboxylic acids is 1. The maximum Gasteiger partial charge on any atom is 0.326 e. The lowest BCUT2D eigenvalue weighted by molar-refractivity contribution is -0.142. The van der Waals surface area contributed by atoms with Crippen molar-refractivity contribution >= 4 is 23.7 Å². The van der Waals surface area contributed by atoms with Crippen molar-refractivity contribution in [3.8, 4) is 0 Å². The van der Waals surface area contributed by atoms with Gasteiger partial charge in [-0.1, -0.05) is 27.7 Å². The lowest BCUT2D eigenvalue weighted by atomic mass is 10.0. The first-order chi connectivity index (χ1) is 14.9. The van der Waals surface area contributed by atoms with Crippen LogP contribution in [-0.2, 0) is 19.2 Å². The van der Waals surface area contributed by atoms with Gasteiger partial charge in [-0.25, -0.2) is 4.79 Å². The predicted octanol–water partition coefficient (Wildman–Crippen LogP) is -0.934. The molecule has 0 aliphatic carbocycles. The van der Waals surface area contributed by atoms with Gasteiger partial charge < -0.3 is 37.6 Å². The predicted molar refractivity (Wildman–Crippen MR) is 120 cm³/mol. The number of carbonyl (C=O) groups is 4. The normalized spacial score (nSPS) is 15.0. The molecule has 3 amide bonds. The Labute approximate surface area is 190 Å². The summed E-state index contributed by atoms with van der Waals surface area (Å²) in [6.45, 7) is 7.23. The van der Waals surface area contributed by atoms with E-state index in [0.29, 0.717) is 25.8 Å². The molecule has 0 fully saturated rings. The molecule has 32 heavy (non-hydrogen) atoms. The van der Waals surface area contributed by atoms with Gasteiger partial charge in [0, 0.05) is 0 Å². The molecule has 0 spiro atoms. The highest BCUT2D eigenvalue weighted by Crippen LogP contribution is 2.08. The van der Waals surface area contributed by atoms with Gasteiger partial charge in [0.1, 0.15) is 18.1 Å². The summed E-state index contributed by atoms with van der Waals surface area (Å²) in [5.74, 6) is -2.98. The highest BCUT2D eigenvalue weighted by atomic mass is 16.4. The molecule has 11 heteroatoms. The zero-order valence-electron chi connectivity index (χ0n) is 19.6. The van der Waals surface area contributed by atoms with E-state index in [0.717, 1.165) is 0 Å². The van der Waals surface area contributed by atoms with Crippen molar-refractivity contribution in [3.05, 3.63) is 0 Å². The lowest BCUT2D eigenvalue weighted by Gasteiger charge is -2.25. The molecule has 0 radical (unpaired) electrons. The Bertz CT molecular complexity index is 613. The monoisotopic (exact) mass is 459 g/mol. The Hall–Kier alpha value is -2.24. The van der Waals surface area contributed by atoms with E-state index in [-0.39, 0.29) is 24.7 Å². The molecule has 0 saturated heterocycles. The number of carbonyl (C=O) groups excluding carboxylic acids is 3. The molecule has 4 unspecified atom stereocenters. The summed E-state index contributed by atoms with van der Waals surface area (Å²) in [5.41, 5.74) is 11.2. The fourth-order valence-electron chi connectivity index (χ4n) is 3.09. The van der Waals surface area contributed by atoms with Crippen LogP contribution in [0.3, 0.4) is 0 Å². The van der Waals surface area contributed by atoms with Gasteiger partial charge in [0.05, 0.1) is 12.6 Å². The van der Waals surface area contributed by atoms with Gasteiger partial charge in [0.25, 0.3) is 0 Å². The SMILES string of the molecule is CC(C)CC(N)C(=O)NC(CO)C(=O)NC(CC(C)C)C(=O)NC(CCCCN)C(=O)O. The summed E-state index contributed by atoms with van der Waals surface area (Å²) >= 11 is 0. The molecule has 0 aromatic carbocycles. The number of nitrogens with two attached hydrogens (primary N) is 2. The second kappa shape index (κ2) is 15.5. The average molecular weight is 460 g/mol. The summed E-state index contributed by atoms with van der Waals surface area (Å²) < 4.78 is 0. The zero-order chi connectivity index (χ0) is 24.8. The first kappa shape index (κ1) is 29.8. The molecular weight excluding hydrogens is 418 g/mol. The fourth-order valence-corrected chi connectivity index (χ4v) is 3.09. The van der Waals surface area contributed by atoms with Crippen molar-refractivity contribution in [1.82, 2.24) is 16.0 Å². The van der Waals surface area contributed by atoms with Crippen molar-refractivity contribution in [2.45, 2.75) is 84.0 Å². The van der Waals surface area contributed by atoms with Crippen LogP contribution in [0.15, 0.2) is 0 Å². The molecule has 0 aliphatic heterocycles. The number of amides is 3. The molecule has 11 nitrogen and oxygen atoms in total. The second-order valence-electron chi connectivity index (χ2n) is 8.85. The Morgan fingerprint density at radius 1 is 0.781 bits per heavy atom. The summed E-state index contributed by atoms with van der Waals surface area (Å²) in [6, 6.07) is -4.27. The number of aliphatic hydroxyl groups excluding tert-OH is 1.